The fourth-order valence-corrected chi connectivity index (χ4v) is 1.68. The third-order valence-corrected chi connectivity index (χ3v) is 2.96. The lowest BCUT2D eigenvalue weighted by Gasteiger charge is -2.11. The van der Waals surface area contributed by atoms with Crippen molar-refractivity contribution in [2.24, 2.45) is 5.92 Å². The van der Waals surface area contributed by atoms with Gasteiger partial charge in [0.25, 0.3) is 0 Å². The van der Waals surface area contributed by atoms with Gasteiger partial charge >= 0.3 is 0 Å². The quantitative estimate of drug-likeness (QED) is 0.735. The normalized spacial score (nSPS) is 14.5. The Bertz CT molecular complexity index is 411. The molecule has 7 heteroatoms. The Hall–Kier alpha value is -1.14. The number of halogens is 1. The first-order valence-corrected chi connectivity index (χ1v) is 6.93. The average molecular weight is 286 g/mol. The van der Waals surface area contributed by atoms with Crippen molar-refractivity contribution in [3.63, 3.8) is 0 Å². The molecule has 1 aromatic heterocycles. The minimum absolute atomic E-state index is 0.200. The zero-order chi connectivity index (χ0) is 13.7. The summed E-state index contributed by atoms with van der Waals surface area (Å²) in [5.41, 5.74) is 0. The summed E-state index contributed by atoms with van der Waals surface area (Å²) in [6.07, 6.45) is 3.58. The van der Waals surface area contributed by atoms with Crippen molar-refractivity contribution >= 4 is 23.5 Å². The third-order valence-electron chi connectivity index (χ3n) is 2.80. The van der Waals surface area contributed by atoms with Gasteiger partial charge in [0, 0.05) is 33.9 Å². The van der Waals surface area contributed by atoms with Gasteiger partial charge in [-0.3, -0.25) is 0 Å². The molecule has 0 spiro atoms. The Morgan fingerprint density at radius 2 is 2.11 bits per heavy atom. The van der Waals surface area contributed by atoms with Crippen LogP contribution in [-0.4, -0.2) is 48.8 Å². The smallest absolute Gasteiger partial charge is 0.230 e. The standard InChI is InChI=1S/C12H20ClN5O/c1-18(2)12-16-10(13)15-11(17-12)14-6-3-7-19-8-9-4-5-9/h9H,3-8H2,1-2H3,(H,14,15,16,17). The van der Waals surface area contributed by atoms with Crippen LogP contribution in [0.15, 0.2) is 0 Å². The number of hydrogen-bond acceptors (Lipinski definition) is 6. The molecule has 0 radical (unpaired) electrons. The van der Waals surface area contributed by atoms with Crippen molar-refractivity contribution in [3.05, 3.63) is 5.28 Å². The molecular weight excluding hydrogens is 266 g/mol. The first-order chi connectivity index (χ1) is 9.15. The van der Waals surface area contributed by atoms with E-state index in [4.69, 9.17) is 16.3 Å². The number of nitrogens with one attached hydrogen (secondary N) is 1. The van der Waals surface area contributed by atoms with Gasteiger partial charge in [0.1, 0.15) is 0 Å². The molecule has 1 N–H and O–H groups in total. The molecule has 0 amide bonds. The molecular formula is C12H20ClN5O. The van der Waals surface area contributed by atoms with E-state index in [-0.39, 0.29) is 5.28 Å². The van der Waals surface area contributed by atoms with E-state index >= 15 is 0 Å². The molecule has 106 valence electrons. The SMILES string of the molecule is CN(C)c1nc(Cl)nc(NCCCOCC2CC2)n1. The maximum Gasteiger partial charge on any atom is 0.230 e. The van der Waals surface area contributed by atoms with Crippen molar-refractivity contribution in [2.75, 3.05) is 44.1 Å². The van der Waals surface area contributed by atoms with Crippen LogP contribution in [0.3, 0.4) is 0 Å². The number of nitrogens with zero attached hydrogens (tertiary/aromatic N) is 4. The van der Waals surface area contributed by atoms with Gasteiger partial charge in [0.05, 0.1) is 0 Å². The second-order valence-electron chi connectivity index (χ2n) is 4.92. The molecule has 19 heavy (non-hydrogen) atoms. The fraction of sp³-hybridized carbons (Fsp3) is 0.750. The van der Waals surface area contributed by atoms with Crippen molar-refractivity contribution < 1.29 is 4.74 Å². The van der Waals surface area contributed by atoms with Crippen LogP contribution < -0.4 is 10.2 Å². The third kappa shape index (κ3) is 5.16. The minimum Gasteiger partial charge on any atom is -0.381 e. The van der Waals surface area contributed by atoms with Crippen LogP contribution in [0.2, 0.25) is 5.28 Å². The van der Waals surface area contributed by atoms with Gasteiger partial charge in [0.15, 0.2) is 0 Å². The maximum absolute atomic E-state index is 5.84. The highest BCUT2D eigenvalue weighted by molar-refractivity contribution is 6.28. The molecule has 2 rings (SSSR count). The second kappa shape index (κ2) is 6.86. The first-order valence-electron chi connectivity index (χ1n) is 6.55. The van der Waals surface area contributed by atoms with Crippen LogP contribution in [0, 0.1) is 5.92 Å². The maximum atomic E-state index is 5.84. The van der Waals surface area contributed by atoms with Gasteiger partial charge in [-0.05, 0) is 36.8 Å². The molecule has 1 heterocycles. The second-order valence-corrected chi connectivity index (χ2v) is 5.26. The lowest BCUT2D eigenvalue weighted by atomic mass is 10.4. The lowest BCUT2D eigenvalue weighted by molar-refractivity contribution is 0.124. The number of anilines is 2. The van der Waals surface area contributed by atoms with E-state index in [9.17, 15) is 0 Å². The van der Waals surface area contributed by atoms with Crippen molar-refractivity contribution in [3.8, 4) is 0 Å². The highest BCUT2D eigenvalue weighted by Gasteiger charge is 2.20. The fourth-order valence-electron chi connectivity index (χ4n) is 1.53. The summed E-state index contributed by atoms with van der Waals surface area (Å²) in [5, 5.41) is 3.33. The molecule has 0 atom stereocenters. The number of aromatic nitrogens is 3. The molecule has 0 aliphatic heterocycles. The van der Waals surface area contributed by atoms with Gasteiger partial charge in [-0.25, -0.2) is 0 Å². The van der Waals surface area contributed by atoms with E-state index in [0.29, 0.717) is 11.9 Å². The predicted molar refractivity (Wildman–Crippen MR) is 75.8 cm³/mol. The Kier molecular flexibility index (Phi) is 5.15. The van der Waals surface area contributed by atoms with Crippen molar-refractivity contribution in [2.45, 2.75) is 19.3 Å². The van der Waals surface area contributed by atoms with Crippen LogP contribution in [0.4, 0.5) is 11.9 Å². The summed E-state index contributed by atoms with van der Waals surface area (Å²) < 4.78 is 5.55. The topological polar surface area (TPSA) is 63.2 Å². The largest absolute Gasteiger partial charge is 0.381 e. The van der Waals surface area contributed by atoms with Gasteiger partial charge in [-0.15, -0.1) is 0 Å². The van der Waals surface area contributed by atoms with Gasteiger partial charge in [0.2, 0.25) is 17.2 Å². The Morgan fingerprint density at radius 3 is 2.79 bits per heavy atom. The van der Waals surface area contributed by atoms with Crippen LogP contribution in [-0.2, 0) is 4.74 Å². The number of hydrogen-bond donors (Lipinski definition) is 1. The molecule has 0 saturated heterocycles. The van der Waals surface area contributed by atoms with Crippen molar-refractivity contribution in [1.29, 1.82) is 0 Å². The molecule has 0 unspecified atom stereocenters. The van der Waals surface area contributed by atoms with Crippen LogP contribution in [0.5, 0.6) is 0 Å². The van der Waals surface area contributed by atoms with Crippen LogP contribution in [0.25, 0.3) is 0 Å². The zero-order valence-electron chi connectivity index (χ0n) is 11.4. The van der Waals surface area contributed by atoms with Gasteiger partial charge in [-0.2, -0.15) is 15.0 Å². The summed E-state index contributed by atoms with van der Waals surface area (Å²) in [7, 11) is 3.72. The molecule has 1 saturated carbocycles. The van der Waals surface area contributed by atoms with Crippen LogP contribution in [0.1, 0.15) is 19.3 Å². The zero-order valence-corrected chi connectivity index (χ0v) is 12.2. The van der Waals surface area contributed by atoms with E-state index in [1.165, 1.54) is 12.8 Å². The summed E-state index contributed by atoms with van der Waals surface area (Å²) in [6, 6.07) is 0. The van der Waals surface area contributed by atoms with E-state index in [0.717, 1.165) is 32.1 Å². The predicted octanol–water partition coefficient (Wildman–Crippen LogP) is 1.82. The van der Waals surface area contributed by atoms with E-state index in [1.807, 2.05) is 14.1 Å². The molecule has 1 fully saturated rings. The highest BCUT2D eigenvalue weighted by atomic mass is 35.5. The number of ether oxygens (including phenoxy) is 1. The summed E-state index contributed by atoms with van der Waals surface area (Å²) >= 11 is 5.84. The summed E-state index contributed by atoms with van der Waals surface area (Å²) in [5.74, 6) is 1.87. The Morgan fingerprint density at radius 1 is 1.32 bits per heavy atom. The summed E-state index contributed by atoms with van der Waals surface area (Å²) in [6.45, 7) is 2.43. The molecule has 6 nitrogen and oxygen atoms in total. The molecule has 1 aromatic rings. The lowest BCUT2D eigenvalue weighted by Crippen LogP contribution is -2.16. The van der Waals surface area contributed by atoms with Crippen molar-refractivity contribution in [1.82, 2.24) is 15.0 Å². The molecule has 1 aliphatic carbocycles. The number of rotatable bonds is 8. The average Bonchev–Trinajstić information content (AvgIpc) is 3.17. The van der Waals surface area contributed by atoms with Crippen LogP contribution >= 0.6 is 11.6 Å². The van der Waals surface area contributed by atoms with E-state index in [1.54, 1.807) is 4.90 Å². The van der Waals surface area contributed by atoms with Gasteiger partial charge in [-0.1, -0.05) is 0 Å². The van der Waals surface area contributed by atoms with E-state index < -0.39 is 0 Å². The molecule has 1 aliphatic rings. The Balaban J connectivity index is 1.69. The monoisotopic (exact) mass is 285 g/mol. The first kappa shape index (κ1) is 14.3. The highest BCUT2D eigenvalue weighted by Crippen LogP contribution is 2.28. The van der Waals surface area contributed by atoms with E-state index in [2.05, 4.69) is 20.3 Å². The molecule has 0 aromatic carbocycles. The van der Waals surface area contributed by atoms with Gasteiger partial charge < -0.3 is 15.0 Å². The molecule has 0 bridgehead atoms. The minimum atomic E-state index is 0.200. The summed E-state index contributed by atoms with van der Waals surface area (Å²) in [4.78, 5) is 14.1. The Labute approximate surface area is 118 Å².